The SMILES string of the molecule is CCC(C)C1CN(C(C)CC)C(C)CN1. The van der Waals surface area contributed by atoms with E-state index in [0.29, 0.717) is 12.1 Å². The van der Waals surface area contributed by atoms with Gasteiger partial charge in [0.2, 0.25) is 0 Å². The van der Waals surface area contributed by atoms with Crippen LogP contribution in [-0.4, -0.2) is 36.1 Å². The van der Waals surface area contributed by atoms with Crippen molar-refractivity contribution >= 4 is 0 Å². The van der Waals surface area contributed by atoms with Gasteiger partial charge in [0.1, 0.15) is 0 Å². The Morgan fingerprint density at radius 1 is 1.27 bits per heavy atom. The van der Waals surface area contributed by atoms with E-state index in [0.717, 1.165) is 18.5 Å². The monoisotopic (exact) mass is 212 g/mol. The van der Waals surface area contributed by atoms with Gasteiger partial charge in [0, 0.05) is 31.2 Å². The number of rotatable bonds is 4. The van der Waals surface area contributed by atoms with Crippen molar-refractivity contribution in [3.05, 3.63) is 0 Å². The second-order valence-corrected chi connectivity index (χ2v) is 5.20. The first-order valence-corrected chi connectivity index (χ1v) is 6.59. The Morgan fingerprint density at radius 3 is 2.47 bits per heavy atom. The number of nitrogens with zero attached hydrogens (tertiary/aromatic N) is 1. The van der Waals surface area contributed by atoms with Crippen molar-refractivity contribution in [3.8, 4) is 0 Å². The van der Waals surface area contributed by atoms with Crippen LogP contribution in [0.2, 0.25) is 0 Å². The lowest BCUT2D eigenvalue weighted by molar-refractivity contribution is 0.0804. The summed E-state index contributed by atoms with van der Waals surface area (Å²) >= 11 is 0. The molecule has 1 aliphatic rings. The van der Waals surface area contributed by atoms with Crippen LogP contribution < -0.4 is 5.32 Å². The summed E-state index contributed by atoms with van der Waals surface area (Å²) in [5.74, 6) is 0.795. The van der Waals surface area contributed by atoms with Crippen molar-refractivity contribution in [2.45, 2.75) is 65.6 Å². The summed E-state index contributed by atoms with van der Waals surface area (Å²) in [5.41, 5.74) is 0. The summed E-state index contributed by atoms with van der Waals surface area (Å²) in [6.45, 7) is 14.0. The summed E-state index contributed by atoms with van der Waals surface area (Å²) < 4.78 is 0. The minimum absolute atomic E-state index is 0.695. The Hall–Kier alpha value is -0.0800. The molecule has 1 fully saturated rings. The van der Waals surface area contributed by atoms with Gasteiger partial charge in [-0.05, 0) is 26.2 Å². The normalized spacial score (nSPS) is 32.6. The fourth-order valence-corrected chi connectivity index (χ4v) is 2.43. The first-order valence-electron chi connectivity index (χ1n) is 6.59. The highest BCUT2D eigenvalue weighted by molar-refractivity contribution is 4.88. The number of hydrogen-bond acceptors (Lipinski definition) is 2. The van der Waals surface area contributed by atoms with Gasteiger partial charge >= 0.3 is 0 Å². The van der Waals surface area contributed by atoms with Crippen LogP contribution >= 0.6 is 0 Å². The fourth-order valence-electron chi connectivity index (χ4n) is 2.43. The molecule has 4 unspecified atom stereocenters. The lowest BCUT2D eigenvalue weighted by Crippen LogP contribution is -2.59. The van der Waals surface area contributed by atoms with Crippen LogP contribution in [0.15, 0.2) is 0 Å². The van der Waals surface area contributed by atoms with Crippen molar-refractivity contribution in [1.82, 2.24) is 10.2 Å². The molecule has 0 amide bonds. The van der Waals surface area contributed by atoms with Crippen LogP contribution in [0.1, 0.15) is 47.5 Å². The van der Waals surface area contributed by atoms with Gasteiger partial charge in [-0.25, -0.2) is 0 Å². The highest BCUT2D eigenvalue weighted by Crippen LogP contribution is 2.18. The molecule has 0 aromatic rings. The van der Waals surface area contributed by atoms with E-state index in [4.69, 9.17) is 0 Å². The summed E-state index contributed by atoms with van der Waals surface area (Å²) in [5, 5.41) is 3.69. The van der Waals surface area contributed by atoms with Gasteiger partial charge < -0.3 is 5.32 Å². The number of hydrogen-bond donors (Lipinski definition) is 1. The van der Waals surface area contributed by atoms with Gasteiger partial charge in [-0.2, -0.15) is 0 Å². The summed E-state index contributed by atoms with van der Waals surface area (Å²) in [6.07, 6.45) is 2.54. The average molecular weight is 212 g/mol. The predicted molar refractivity (Wildman–Crippen MR) is 67.2 cm³/mol. The van der Waals surface area contributed by atoms with E-state index in [1.165, 1.54) is 19.4 Å². The largest absolute Gasteiger partial charge is 0.311 e. The quantitative estimate of drug-likeness (QED) is 0.770. The average Bonchev–Trinajstić information content (AvgIpc) is 2.27. The summed E-state index contributed by atoms with van der Waals surface area (Å²) in [7, 11) is 0. The lowest BCUT2D eigenvalue weighted by Gasteiger charge is -2.43. The van der Waals surface area contributed by atoms with Crippen LogP contribution in [0.5, 0.6) is 0 Å². The van der Waals surface area contributed by atoms with Crippen LogP contribution in [0.3, 0.4) is 0 Å². The number of piperazine rings is 1. The molecule has 0 aliphatic carbocycles. The molecule has 15 heavy (non-hydrogen) atoms. The molecule has 90 valence electrons. The van der Waals surface area contributed by atoms with Gasteiger partial charge in [0.05, 0.1) is 0 Å². The van der Waals surface area contributed by atoms with E-state index in [2.05, 4.69) is 44.8 Å². The topological polar surface area (TPSA) is 15.3 Å². The molecule has 2 nitrogen and oxygen atoms in total. The van der Waals surface area contributed by atoms with E-state index in [1.54, 1.807) is 0 Å². The first kappa shape index (κ1) is 13.0. The summed E-state index contributed by atoms with van der Waals surface area (Å²) in [6, 6.07) is 2.12. The predicted octanol–water partition coefficient (Wildman–Crippen LogP) is 2.49. The minimum Gasteiger partial charge on any atom is -0.311 e. The van der Waals surface area contributed by atoms with Crippen molar-refractivity contribution in [2.75, 3.05) is 13.1 Å². The zero-order valence-electron chi connectivity index (χ0n) is 11.1. The summed E-state index contributed by atoms with van der Waals surface area (Å²) in [4.78, 5) is 2.67. The van der Waals surface area contributed by atoms with E-state index < -0.39 is 0 Å². The maximum absolute atomic E-state index is 3.69. The smallest absolute Gasteiger partial charge is 0.0221 e. The molecule has 0 aromatic heterocycles. The molecule has 1 N–H and O–H groups in total. The van der Waals surface area contributed by atoms with Gasteiger partial charge in [0.25, 0.3) is 0 Å². The lowest BCUT2D eigenvalue weighted by atomic mass is 9.94. The molecule has 1 aliphatic heterocycles. The van der Waals surface area contributed by atoms with Crippen LogP contribution in [0.4, 0.5) is 0 Å². The molecule has 0 radical (unpaired) electrons. The molecule has 0 saturated carbocycles. The van der Waals surface area contributed by atoms with Gasteiger partial charge in [-0.3, -0.25) is 4.90 Å². The Balaban J connectivity index is 2.55. The second kappa shape index (κ2) is 5.86. The Morgan fingerprint density at radius 2 is 1.93 bits per heavy atom. The van der Waals surface area contributed by atoms with Gasteiger partial charge in [-0.1, -0.05) is 27.2 Å². The molecular formula is C13H28N2. The number of nitrogens with one attached hydrogen (secondary N) is 1. The molecule has 1 rings (SSSR count). The van der Waals surface area contributed by atoms with Gasteiger partial charge in [0.15, 0.2) is 0 Å². The molecule has 4 atom stereocenters. The molecule has 0 bridgehead atoms. The van der Waals surface area contributed by atoms with Crippen molar-refractivity contribution < 1.29 is 0 Å². The molecule has 1 heterocycles. The Labute approximate surface area is 95.4 Å². The third kappa shape index (κ3) is 3.18. The molecular weight excluding hydrogens is 184 g/mol. The van der Waals surface area contributed by atoms with Crippen LogP contribution in [-0.2, 0) is 0 Å². The van der Waals surface area contributed by atoms with E-state index in [9.17, 15) is 0 Å². The highest BCUT2D eigenvalue weighted by atomic mass is 15.2. The fraction of sp³-hybridized carbons (Fsp3) is 1.00. The standard InChI is InChI=1S/C13H28N2/c1-6-10(3)13-9-15(11(4)7-2)12(5)8-14-13/h10-14H,6-9H2,1-5H3. The zero-order valence-corrected chi connectivity index (χ0v) is 11.1. The molecule has 0 aromatic carbocycles. The van der Waals surface area contributed by atoms with Gasteiger partial charge in [-0.15, -0.1) is 0 Å². The Bertz CT molecular complexity index is 177. The van der Waals surface area contributed by atoms with E-state index in [-0.39, 0.29) is 0 Å². The van der Waals surface area contributed by atoms with Crippen LogP contribution in [0.25, 0.3) is 0 Å². The highest BCUT2D eigenvalue weighted by Gasteiger charge is 2.29. The third-order valence-corrected chi connectivity index (χ3v) is 4.14. The third-order valence-electron chi connectivity index (χ3n) is 4.14. The zero-order chi connectivity index (χ0) is 11.4. The van der Waals surface area contributed by atoms with E-state index >= 15 is 0 Å². The molecule has 2 heteroatoms. The first-order chi connectivity index (χ1) is 7.10. The van der Waals surface area contributed by atoms with E-state index in [1.807, 2.05) is 0 Å². The molecule has 1 saturated heterocycles. The maximum Gasteiger partial charge on any atom is 0.0221 e. The van der Waals surface area contributed by atoms with Crippen molar-refractivity contribution in [1.29, 1.82) is 0 Å². The van der Waals surface area contributed by atoms with Crippen LogP contribution in [0, 0.1) is 5.92 Å². The van der Waals surface area contributed by atoms with Crippen molar-refractivity contribution in [2.24, 2.45) is 5.92 Å². The molecule has 0 spiro atoms. The van der Waals surface area contributed by atoms with Crippen molar-refractivity contribution in [3.63, 3.8) is 0 Å². The maximum atomic E-state index is 3.69. The minimum atomic E-state index is 0.695. The Kier molecular flexibility index (Phi) is 5.07. The second-order valence-electron chi connectivity index (χ2n) is 5.20.